The van der Waals surface area contributed by atoms with Gasteiger partial charge in [-0.15, -0.1) is 18.3 Å². The Morgan fingerprint density at radius 3 is 2.38 bits per heavy atom. The van der Waals surface area contributed by atoms with E-state index >= 15 is 0 Å². The number of aliphatic hydroxyl groups is 2. The summed E-state index contributed by atoms with van der Waals surface area (Å²) in [6.07, 6.45) is 10.5. The highest BCUT2D eigenvalue weighted by molar-refractivity contribution is 7.98. The molecule has 6 unspecified atom stereocenters. The fraction of sp³-hybridized carbons (Fsp3) is 0.380. The first-order chi connectivity index (χ1) is 31.1. The van der Waals surface area contributed by atoms with Crippen LogP contribution in [0.1, 0.15) is 77.9 Å². The van der Waals surface area contributed by atoms with Gasteiger partial charge in [-0.25, -0.2) is 0 Å². The number of fused-ring (bicyclic) bond motifs is 2. The number of carbonyl (C=O) groups is 1. The number of allylic oxidation sites excluding steroid dienone is 1. The largest absolute Gasteiger partial charge is 0.459 e. The molecule has 4 aromatic carbocycles. The van der Waals surface area contributed by atoms with Gasteiger partial charge in [0.05, 0.1) is 34.8 Å². The van der Waals surface area contributed by atoms with E-state index in [0.717, 1.165) is 41.7 Å². The number of hydrogen-bond donors (Lipinski definition) is 2. The van der Waals surface area contributed by atoms with Crippen LogP contribution in [0.25, 0.3) is 0 Å². The minimum Gasteiger partial charge on any atom is -0.459 e. The van der Waals surface area contributed by atoms with Crippen LogP contribution in [-0.4, -0.2) is 76.6 Å². The summed E-state index contributed by atoms with van der Waals surface area (Å²) in [4.78, 5) is 34.4. The van der Waals surface area contributed by atoms with Gasteiger partial charge in [0.1, 0.15) is 29.9 Å². The van der Waals surface area contributed by atoms with Gasteiger partial charge in [-0.05, 0) is 134 Å². The summed E-state index contributed by atoms with van der Waals surface area (Å²) in [6.45, 7) is 4.27. The molecule has 334 valence electrons. The Kier molecular flexibility index (Phi) is 15.2. The molecule has 3 aliphatic rings. The van der Waals surface area contributed by atoms with E-state index in [9.17, 15) is 30.4 Å². The molecular formula is C50H54N4O9S. The molecule has 1 heterocycles. The van der Waals surface area contributed by atoms with Crippen LogP contribution in [0.3, 0.4) is 0 Å². The average molecular weight is 887 g/mol. The summed E-state index contributed by atoms with van der Waals surface area (Å²) >= 11 is 1.65. The van der Waals surface area contributed by atoms with Gasteiger partial charge in [0.25, 0.3) is 11.6 Å². The second kappa shape index (κ2) is 21.1. The number of thioether (sulfide) groups is 1. The fourth-order valence-corrected chi connectivity index (χ4v) is 9.91. The average Bonchev–Trinajstić information content (AvgIpc) is 3.32. The maximum atomic E-state index is 14.6. The van der Waals surface area contributed by atoms with Crippen molar-refractivity contribution in [3.63, 3.8) is 0 Å². The number of ether oxygens (including phenoxy) is 3. The minimum atomic E-state index is -1.46. The molecule has 2 N–H and O–H groups in total. The van der Waals surface area contributed by atoms with Gasteiger partial charge in [-0.3, -0.25) is 14.9 Å². The van der Waals surface area contributed by atoms with Gasteiger partial charge in [0.15, 0.2) is 0 Å². The zero-order chi connectivity index (χ0) is 45.2. The monoisotopic (exact) mass is 886 g/mol. The second-order valence-corrected chi connectivity index (χ2v) is 17.2. The molecule has 2 aliphatic carbocycles. The molecule has 0 aromatic heterocycles. The summed E-state index contributed by atoms with van der Waals surface area (Å²) in [5.74, 6) is -0.659. The summed E-state index contributed by atoms with van der Waals surface area (Å²) in [7, 11) is 1.72. The molecule has 0 spiro atoms. The molecule has 0 radical (unpaired) electrons. The molecule has 7 rings (SSSR count). The Hall–Kier alpha value is -5.98. The van der Waals surface area contributed by atoms with E-state index in [1.54, 1.807) is 66.2 Å². The van der Waals surface area contributed by atoms with Crippen molar-refractivity contribution in [1.29, 1.82) is 5.26 Å². The van der Waals surface area contributed by atoms with Crippen molar-refractivity contribution in [3.8, 4) is 23.3 Å². The predicted molar refractivity (Wildman–Crippen MR) is 244 cm³/mol. The van der Waals surface area contributed by atoms with E-state index in [2.05, 4.69) is 18.7 Å². The normalized spacial score (nSPS) is 22.5. The Labute approximate surface area is 378 Å². The number of nitriles is 1. The van der Waals surface area contributed by atoms with Crippen LogP contribution in [0, 0.1) is 39.2 Å². The van der Waals surface area contributed by atoms with Crippen LogP contribution in [0.5, 0.6) is 17.2 Å². The SMILES string of the molecule is C=CCOC12Oc3ccc(Oc4ccc(SC)cc4)cc3C3C(CCCCO)C(CCCCO)C=C(C(=NOCc4ccc([N+](=O)[O-])cc4)CC1N(C)C(=O)c1ccc(C#N)cc1)C32. The third-order valence-electron chi connectivity index (χ3n) is 12.5. The van der Waals surface area contributed by atoms with Crippen LogP contribution in [0.2, 0.25) is 0 Å². The Balaban J connectivity index is 1.40. The number of nitro benzene ring substituents is 1. The van der Waals surface area contributed by atoms with Crippen molar-refractivity contribution in [1.82, 2.24) is 4.90 Å². The van der Waals surface area contributed by atoms with E-state index in [4.69, 9.17) is 24.2 Å². The number of nitrogens with zero attached hydrogens (tertiary/aromatic N) is 4. The molecule has 4 aromatic rings. The lowest BCUT2D eigenvalue weighted by molar-refractivity contribution is -0.384. The van der Waals surface area contributed by atoms with Crippen molar-refractivity contribution < 1.29 is 39.0 Å². The van der Waals surface area contributed by atoms with Crippen molar-refractivity contribution >= 4 is 29.1 Å². The zero-order valence-corrected chi connectivity index (χ0v) is 37.0. The number of nitro groups is 1. The Morgan fingerprint density at radius 1 is 1.02 bits per heavy atom. The van der Waals surface area contributed by atoms with Gasteiger partial charge >= 0.3 is 0 Å². The lowest BCUT2D eigenvalue weighted by atomic mass is 9.55. The number of hydrogen-bond acceptors (Lipinski definition) is 12. The van der Waals surface area contributed by atoms with Crippen molar-refractivity contribution in [2.75, 3.05) is 33.1 Å². The number of rotatable bonds is 20. The Morgan fingerprint density at radius 2 is 1.72 bits per heavy atom. The molecule has 64 heavy (non-hydrogen) atoms. The summed E-state index contributed by atoms with van der Waals surface area (Å²) in [5.41, 5.74) is 3.85. The number of non-ortho nitro benzene ring substituents is 1. The molecule has 1 fully saturated rings. The number of carbonyl (C=O) groups excluding carboxylic acids is 1. The van der Waals surface area contributed by atoms with Gasteiger partial charge in [0.2, 0.25) is 5.79 Å². The standard InChI is InChI=1S/C50H54N4O9S/c1-4-27-60-50-46(53(2)49(57)35-15-11-33(31-51)12-16-35)30-44(52-61-32-34-13-17-37(18-14-34)54(58)59)42-28-36(9-5-7-25-55)41(10-6-8-26-56)47(48(42)50)43-29-39(21-24-45(43)63-50)62-38-19-22-40(64-3)23-20-38/h4,11-24,28-29,36,41,46-48,55-56H,1,5-10,25-27,30,32H2,2-3H3. The number of benzene rings is 4. The summed E-state index contributed by atoms with van der Waals surface area (Å²) < 4.78 is 20.8. The fourth-order valence-electron chi connectivity index (χ4n) is 9.50. The first-order valence-corrected chi connectivity index (χ1v) is 22.9. The number of oxime groups is 1. The molecule has 14 heteroatoms. The first kappa shape index (κ1) is 46.0. The minimum absolute atomic E-state index is 0.00465. The van der Waals surface area contributed by atoms with E-state index in [0.29, 0.717) is 52.5 Å². The highest BCUT2D eigenvalue weighted by Gasteiger charge is 2.65. The molecule has 1 amide bonds. The van der Waals surface area contributed by atoms with Crippen molar-refractivity contribution in [3.05, 3.63) is 148 Å². The van der Waals surface area contributed by atoms with E-state index in [1.165, 1.54) is 12.1 Å². The molecule has 1 aliphatic heterocycles. The van der Waals surface area contributed by atoms with Gasteiger partial charge in [0, 0.05) is 60.8 Å². The molecular weight excluding hydrogens is 833 g/mol. The van der Waals surface area contributed by atoms with E-state index in [-0.39, 0.29) is 62.2 Å². The molecule has 1 saturated carbocycles. The smallest absolute Gasteiger partial charge is 0.269 e. The number of likely N-dealkylation sites (N-methyl/N-ethyl adjacent to an activating group) is 1. The third-order valence-corrected chi connectivity index (χ3v) is 13.3. The zero-order valence-electron chi connectivity index (χ0n) is 36.1. The molecule has 6 atom stereocenters. The van der Waals surface area contributed by atoms with Gasteiger partial charge < -0.3 is 34.2 Å². The van der Waals surface area contributed by atoms with Crippen molar-refractivity contribution in [2.24, 2.45) is 22.9 Å². The number of amides is 1. The van der Waals surface area contributed by atoms with Gasteiger partial charge in [-0.1, -0.05) is 30.1 Å². The molecule has 0 bridgehead atoms. The summed E-state index contributed by atoms with van der Waals surface area (Å²) in [6, 6.07) is 27.7. The highest BCUT2D eigenvalue weighted by Crippen LogP contribution is 2.62. The summed E-state index contributed by atoms with van der Waals surface area (Å²) in [5, 5.41) is 45.6. The highest BCUT2D eigenvalue weighted by atomic mass is 32.2. The number of aliphatic hydroxyl groups excluding tert-OH is 2. The van der Waals surface area contributed by atoms with Crippen molar-refractivity contribution in [2.45, 2.75) is 74.2 Å². The van der Waals surface area contributed by atoms with Crippen LogP contribution in [-0.2, 0) is 16.2 Å². The Bertz CT molecular complexity index is 2380. The van der Waals surface area contributed by atoms with E-state index < -0.39 is 22.7 Å². The molecule has 0 saturated heterocycles. The molecule has 13 nitrogen and oxygen atoms in total. The van der Waals surface area contributed by atoms with Crippen LogP contribution >= 0.6 is 11.8 Å². The topological polar surface area (TPSA) is 177 Å². The van der Waals surface area contributed by atoms with E-state index in [1.807, 2.05) is 48.7 Å². The first-order valence-electron chi connectivity index (χ1n) is 21.7. The maximum Gasteiger partial charge on any atom is 0.269 e. The van der Waals surface area contributed by atoms with Gasteiger partial charge in [-0.2, -0.15) is 5.26 Å². The maximum absolute atomic E-state index is 14.6. The lowest BCUT2D eigenvalue weighted by Crippen LogP contribution is -2.69. The van der Waals surface area contributed by atoms with Crippen LogP contribution in [0.4, 0.5) is 5.69 Å². The lowest BCUT2D eigenvalue weighted by Gasteiger charge is -2.59. The second-order valence-electron chi connectivity index (χ2n) is 16.4. The van der Waals surface area contributed by atoms with Crippen LogP contribution < -0.4 is 9.47 Å². The third kappa shape index (κ3) is 9.88. The number of unbranched alkanes of at least 4 members (excludes halogenated alkanes) is 2. The predicted octanol–water partition coefficient (Wildman–Crippen LogP) is 9.59. The quantitative estimate of drug-likeness (QED) is 0.0284. The van der Waals surface area contributed by atoms with Crippen LogP contribution in [0.15, 0.2) is 125 Å².